The van der Waals surface area contributed by atoms with Crippen molar-refractivity contribution in [3.8, 4) is 0 Å². The highest BCUT2D eigenvalue weighted by Gasteiger charge is 2.02. The summed E-state index contributed by atoms with van der Waals surface area (Å²) in [7, 11) is 0. The first-order valence-electron chi connectivity index (χ1n) is 5.27. The number of halogens is 1. The highest BCUT2D eigenvalue weighted by Crippen LogP contribution is 2.21. The van der Waals surface area contributed by atoms with Crippen LogP contribution in [0.15, 0.2) is 24.4 Å². The number of hydrogen-bond acceptors (Lipinski definition) is 1. The second-order valence-corrected chi connectivity index (χ2v) is 4.12. The number of rotatable bonds is 4. The monoisotopic (exact) mass is 222 g/mol. The summed E-state index contributed by atoms with van der Waals surface area (Å²) in [5.74, 6) is 0. The van der Waals surface area contributed by atoms with Crippen LogP contribution in [-0.4, -0.2) is 11.5 Å². The number of aromatic amines is 1. The van der Waals surface area contributed by atoms with E-state index in [1.54, 1.807) is 0 Å². The Bertz CT molecular complexity index is 448. The maximum Gasteiger partial charge on any atom is 0.0472 e. The fourth-order valence-corrected chi connectivity index (χ4v) is 1.88. The van der Waals surface area contributed by atoms with Crippen molar-refractivity contribution in [3.63, 3.8) is 0 Å². The first-order valence-corrected chi connectivity index (χ1v) is 5.65. The molecule has 2 rings (SSSR count). The molecule has 1 aromatic heterocycles. The Morgan fingerprint density at radius 1 is 1.40 bits per heavy atom. The third kappa shape index (κ3) is 2.33. The highest BCUT2D eigenvalue weighted by atomic mass is 35.5. The molecule has 0 saturated heterocycles. The Balaban J connectivity index is 2.21. The molecular weight excluding hydrogens is 208 g/mol. The average molecular weight is 223 g/mol. The van der Waals surface area contributed by atoms with Crippen LogP contribution in [0.2, 0.25) is 5.02 Å². The molecule has 0 bridgehead atoms. The molecule has 0 spiro atoms. The summed E-state index contributed by atoms with van der Waals surface area (Å²) in [6.07, 6.45) is 3.21. The van der Waals surface area contributed by atoms with Gasteiger partial charge in [0.15, 0.2) is 0 Å². The first-order chi connectivity index (χ1) is 7.31. The van der Waals surface area contributed by atoms with Gasteiger partial charge in [0.2, 0.25) is 0 Å². The SMILES string of the molecule is CCCNCc1c[nH]c2cc(Cl)ccc12. The van der Waals surface area contributed by atoms with Gasteiger partial charge in [0.05, 0.1) is 0 Å². The van der Waals surface area contributed by atoms with E-state index in [2.05, 4.69) is 23.3 Å². The molecule has 0 saturated carbocycles. The van der Waals surface area contributed by atoms with Crippen LogP contribution in [0.3, 0.4) is 0 Å². The van der Waals surface area contributed by atoms with Crippen molar-refractivity contribution < 1.29 is 0 Å². The number of benzene rings is 1. The molecule has 15 heavy (non-hydrogen) atoms. The van der Waals surface area contributed by atoms with Gasteiger partial charge in [-0.25, -0.2) is 0 Å². The molecule has 3 heteroatoms. The largest absolute Gasteiger partial charge is 0.361 e. The van der Waals surface area contributed by atoms with E-state index < -0.39 is 0 Å². The fourth-order valence-electron chi connectivity index (χ4n) is 1.70. The molecule has 0 aliphatic rings. The molecule has 0 atom stereocenters. The van der Waals surface area contributed by atoms with Crippen molar-refractivity contribution in [3.05, 3.63) is 35.0 Å². The summed E-state index contributed by atoms with van der Waals surface area (Å²) < 4.78 is 0. The van der Waals surface area contributed by atoms with Gasteiger partial charge in [0, 0.05) is 28.7 Å². The van der Waals surface area contributed by atoms with E-state index in [0.717, 1.165) is 30.0 Å². The normalized spacial score (nSPS) is 11.1. The molecule has 80 valence electrons. The molecule has 0 aliphatic heterocycles. The molecule has 0 unspecified atom stereocenters. The van der Waals surface area contributed by atoms with Gasteiger partial charge in [-0.05, 0) is 30.7 Å². The van der Waals surface area contributed by atoms with Crippen molar-refractivity contribution in [2.45, 2.75) is 19.9 Å². The van der Waals surface area contributed by atoms with E-state index in [1.165, 1.54) is 10.9 Å². The Morgan fingerprint density at radius 2 is 2.27 bits per heavy atom. The minimum absolute atomic E-state index is 0.775. The maximum atomic E-state index is 5.92. The topological polar surface area (TPSA) is 27.8 Å². The fraction of sp³-hybridized carbons (Fsp3) is 0.333. The van der Waals surface area contributed by atoms with E-state index in [1.807, 2.05) is 18.3 Å². The van der Waals surface area contributed by atoms with Crippen LogP contribution in [-0.2, 0) is 6.54 Å². The Morgan fingerprint density at radius 3 is 3.07 bits per heavy atom. The lowest BCUT2D eigenvalue weighted by Crippen LogP contribution is -2.13. The van der Waals surface area contributed by atoms with Gasteiger partial charge < -0.3 is 10.3 Å². The zero-order valence-corrected chi connectivity index (χ0v) is 9.56. The van der Waals surface area contributed by atoms with Crippen molar-refractivity contribution in [1.82, 2.24) is 10.3 Å². The van der Waals surface area contributed by atoms with E-state index in [0.29, 0.717) is 0 Å². The summed E-state index contributed by atoms with van der Waals surface area (Å²) in [5, 5.41) is 5.42. The number of hydrogen-bond donors (Lipinski definition) is 2. The van der Waals surface area contributed by atoms with Crippen LogP contribution >= 0.6 is 11.6 Å². The van der Waals surface area contributed by atoms with Crippen molar-refractivity contribution in [2.75, 3.05) is 6.54 Å². The summed E-state index contributed by atoms with van der Waals surface area (Å²) >= 11 is 5.92. The summed E-state index contributed by atoms with van der Waals surface area (Å²) in [5.41, 5.74) is 2.41. The zero-order chi connectivity index (χ0) is 10.7. The van der Waals surface area contributed by atoms with Crippen molar-refractivity contribution in [2.24, 2.45) is 0 Å². The second kappa shape index (κ2) is 4.69. The van der Waals surface area contributed by atoms with Crippen molar-refractivity contribution >= 4 is 22.5 Å². The summed E-state index contributed by atoms with van der Waals surface area (Å²) in [6, 6.07) is 5.96. The predicted octanol–water partition coefficient (Wildman–Crippen LogP) is 3.32. The molecule has 1 heterocycles. The van der Waals surface area contributed by atoms with Gasteiger partial charge >= 0.3 is 0 Å². The molecule has 2 nitrogen and oxygen atoms in total. The summed E-state index contributed by atoms with van der Waals surface area (Å²) in [6.45, 7) is 4.14. The molecule has 0 amide bonds. The molecule has 0 aliphatic carbocycles. The summed E-state index contributed by atoms with van der Waals surface area (Å²) in [4.78, 5) is 3.23. The lowest BCUT2D eigenvalue weighted by molar-refractivity contribution is 0.678. The van der Waals surface area contributed by atoms with Gasteiger partial charge in [0.1, 0.15) is 0 Å². The number of fused-ring (bicyclic) bond motifs is 1. The number of H-pyrrole nitrogens is 1. The Kier molecular flexibility index (Phi) is 3.29. The van der Waals surface area contributed by atoms with E-state index in [-0.39, 0.29) is 0 Å². The minimum atomic E-state index is 0.775. The zero-order valence-electron chi connectivity index (χ0n) is 8.81. The maximum absolute atomic E-state index is 5.92. The van der Waals surface area contributed by atoms with Crippen LogP contribution in [0, 0.1) is 0 Å². The third-order valence-electron chi connectivity index (χ3n) is 2.47. The van der Waals surface area contributed by atoms with Gasteiger partial charge in [-0.15, -0.1) is 0 Å². The van der Waals surface area contributed by atoms with Crippen molar-refractivity contribution in [1.29, 1.82) is 0 Å². The lowest BCUT2D eigenvalue weighted by atomic mass is 10.2. The van der Waals surface area contributed by atoms with Crippen LogP contribution in [0.1, 0.15) is 18.9 Å². The minimum Gasteiger partial charge on any atom is -0.361 e. The average Bonchev–Trinajstić information content (AvgIpc) is 2.61. The Hall–Kier alpha value is -0.990. The Labute approximate surface area is 94.6 Å². The molecule has 0 fully saturated rings. The number of nitrogens with one attached hydrogen (secondary N) is 2. The van der Waals surface area contributed by atoms with Gasteiger partial charge in [-0.1, -0.05) is 24.6 Å². The van der Waals surface area contributed by atoms with E-state index in [4.69, 9.17) is 11.6 Å². The second-order valence-electron chi connectivity index (χ2n) is 3.68. The smallest absolute Gasteiger partial charge is 0.0472 e. The van der Waals surface area contributed by atoms with E-state index >= 15 is 0 Å². The molecular formula is C12H15ClN2. The number of aromatic nitrogens is 1. The van der Waals surface area contributed by atoms with Crippen LogP contribution in [0.4, 0.5) is 0 Å². The van der Waals surface area contributed by atoms with Crippen LogP contribution in [0.25, 0.3) is 10.9 Å². The molecule has 0 radical (unpaired) electrons. The third-order valence-corrected chi connectivity index (χ3v) is 2.71. The molecule has 1 aromatic carbocycles. The van der Waals surface area contributed by atoms with Gasteiger partial charge in [0.25, 0.3) is 0 Å². The standard InChI is InChI=1S/C12H15ClN2/c1-2-5-14-7-9-8-15-12-6-10(13)3-4-11(9)12/h3-4,6,8,14-15H,2,5,7H2,1H3. The highest BCUT2D eigenvalue weighted by molar-refractivity contribution is 6.31. The quantitative estimate of drug-likeness (QED) is 0.764. The first kappa shape index (κ1) is 10.5. The van der Waals surface area contributed by atoms with Gasteiger partial charge in [-0.3, -0.25) is 0 Å². The van der Waals surface area contributed by atoms with E-state index in [9.17, 15) is 0 Å². The lowest BCUT2D eigenvalue weighted by Gasteiger charge is -2.01. The molecule has 2 N–H and O–H groups in total. The van der Waals surface area contributed by atoms with Gasteiger partial charge in [-0.2, -0.15) is 0 Å². The molecule has 2 aromatic rings. The predicted molar refractivity (Wildman–Crippen MR) is 65.3 cm³/mol. The van der Waals surface area contributed by atoms with Crippen LogP contribution < -0.4 is 5.32 Å². The van der Waals surface area contributed by atoms with Crippen LogP contribution in [0.5, 0.6) is 0 Å².